The number of rotatable bonds is 9. The molecule has 1 aliphatic heterocycles. The highest BCUT2D eigenvalue weighted by molar-refractivity contribution is 7.89. The minimum absolute atomic E-state index is 0.0847. The van der Waals surface area contributed by atoms with Crippen molar-refractivity contribution >= 4 is 61.9 Å². The minimum atomic E-state index is -4.08. The maximum absolute atomic E-state index is 14.3. The highest BCUT2D eigenvalue weighted by Gasteiger charge is 2.53. The average Bonchev–Trinajstić information content (AvgIpc) is 3.17. The predicted molar refractivity (Wildman–Crippen MR) is 157 cm³/mol. The molecule has 4 unspecified atom stereocenters. The van der Waals surface area contributed by atoms with Crippen molar-refractivity contribution in [2.45, 2.75) is 49.7 Å². The van der Waals surface area contributed by atoms with Crippen LogP contribution in [-0.2, 0) is 14.8 Å². The summed E-state index contributed by atoms with van der Waals surface area (Å²) in [6.45, 7) is 3.64. The molecule has 2 aromatic carbocycles. The van der Waals surface area contributed by atoms with E-state index in [4.69, 9.17) is 46.7 Å². The van der Waals surface area contributed by atoms with Crippen molar-refractivity contribution in [3.05, 3.63) is 82.4 Å². The van der Waals surface area contributed by atoms with Crippen LogP contribution < -0.4 is 10.7 Å². The highest BCUT2D eigenvalue weighted by atomic mass is 35.5. The first kappa shape index (κ1) is 29.4. The summed E-state index contributed by atoms with van der Waals surface area (Å²) in [6, 6.07) is 10.9. The van der Waals surface area contributed by atoms with Crippen molar-refractivity contribution in [3.63, 3.8) is 0 Å². The van der Waals surface area contributed by atoms with Gasteiger partial charge in [0.05, 0.1) is 16.6 Å². The SMILES string of the molecule is CC(CC1C(C2=CC=CCC2=S)N(c2ccc(Cl)cc2)N(S(=O)(=O)c2ccc(Cl)cc2)C1C)[C@H](N=N)C(N)=O. The third-order valence-corrected chi connectivity index (χ3v) is 10.0. The Morgan fingerprint density at radius 3 is 2.28 bits per heavy atom. The summed E-state index contributed by atoms with van der Waals surface area (Å²) in [6.07, 6.45) is 6.71. The van der Waals surface area contributed by atoms with Gasteiger partial charge in [0.15, 0.2) is 6.04 Å². The summed E-state index contributed by atoms with van der Waals surface area (Å²) in [5, 5.41) is 6.16. The molecule has 5 atom stereocenters. The van der Waals surface area contributed by atoms with Gasteiger partial charge in [-0.2, -0.15) is 5.11 Å². The Labute approximate surface area is 244 Å². The molecule has 0 radical (unpaired) electrons. The Morgan fingerprint density at radius 1 is 1.15 bits per heavy atom. The third kappa shape index (κ3) is 5.81. The van der Waals surface area contributed by atoms with Crippen molar-refractivity contribution in [1.82, 2.24) is 4.41 Å². The van der Waals surface area contributed by atoms with Gasteiger partial charge in [0.1, 0.15) is 0 Å². The van der Waals surface area contributed by atoms with Crippen LogP contribution in [0.5, 0.6) is 0 Å². The summed E-state index contributed by atoms with van der Waals surface area (Å²) < 4.78 is 29.9. The second-order valence-corrected chi connectivity index (χ2v) is 12.9. The lowest BCUT2D eigenvalue weighted by molar-refractivity contribution is -0.120. The van der Waals surface area contributed by atoms with E-state index < -0.39 is 40.0 Å². The van der Waals surface area contributed by atoms with Crippen LogP contribution >= 0.6 is 35.4 Å². The molecule has 0 bridgehead atoms. The normalized spacial score (nSPS) is 23.4. The molecule has 39 heavy (non-hydrogen) atoms. The second kappa shape index (κ2) is 11.9. The van der Waals surface area contributed by atoms with Gasteiger partial charge in [-0.25, -0.2) is 13.9 Å². The highest BCUT2D eigenvalue weighted by Crippen LogP contribution is 2.45. The number of allylic oxidation sites excluding steroid dienone is 3. The van der Waals surface area contributed by atoms with Crippen molar-refractivity contribution in [3.8, 4) is 0 Å². The van der Waals surface area contributed by atoms with E-state index in [0.29, 0.717) is 33.4 Å². The zero-order chi connectivity index (χ0) is 28.5. The quantitative estimate of drug-likeness (QED) is 0.270. The van der Waals surface area contributed by atoms with Crippen LogP contribution in [0.25, 0.3) is 0 Å². The van der Waals surface area contributed by atoms with Gasteiger partial charge in [-0.1, -0.05) is 60.6 Å². The van der Waals surface area contributed by atoms with Gasteiger partial charge in [-0.05, 0) is 73.4 Å². The molecule has 1 heterocycles. The van der Waals surface area contributed by atoms with E-state index in [0.717, 1.165) is 5.57 Å². The Morgan fingerprint density at radius 2 is 1.74 bits per heavy atom. The van der Waals surface area contributed by atoms with Gasteiger partial charge >= 0.3 is 0 Å². The molecule has 3 N–H and O–H groups in total. The van der Waals surface area contributed by atoms with Gasteiger partial charge in [0.2, 0.25) is 5.91 Å². The number of thiocarbonyl (C=S) groups is 1. The van der Waals surface area contributed by atoms with E-state index in [2.05, 4.69) is 5.11 Å². The first-order chi connectivity index (χ1) is 18.5. The maximum Gasteiger partial charge on any atom is 0.260 e. The van der Waals surface area contributed by atoms with E-state index in [-0.39, 0.29) is 10.8 Å². The first-order valence-corrected chi connectivity index (χ1v) is 15.0. The lowest BCUT2D eigenvalue weighted by Crippen LogP contribution is -2.48. The van der Waals surface area contributed by atoms with E-state index in [1.165, 1.54) is 28.7 Å². The molecule has 1 aliphatic carbocycles. The largest absolute Gasteiger partial charge is 0.368 e. The van der Waals surface area contributed by atoms with Crippen LogP contribution in [0, 0.1) is 17.4 Å². The smallest absolute Gasteiger partial charge is 0.260 e. The molecule has 0 spiro atoms. The topological polar surface area (TPSA) is 120 Å². The van der Waals surface area contributed by atoms with Crippen LogP contribution in [0.3, 0.4) is 0 Å². The average molecular weight is 607 g/mol. The molecule has 12 heteroatoms. The van der Waals surface area contributed by atoms with Crippen molar-refractivity contribution in [2.75, 3.05) is 5.01 Å². The Balaban J connectivity index is 1.92. The molecule has 2 aromatic rings. The van der Waals surface area contributed by atoms with Crippen LogP contribution in [0.15, 0.2) is 82.3 Å². The van der Waals surface area contributed by atoms with Crippen LogP contribution in [-0.4, -0.2) is 41.7 Å². The summed E-state index contributed by atoms with van der Waals surface area (Å²) >= 11 is 18.0. The van der Waals surface area contributed by atoms with Crippen molar-refractivity contribution < 1.29 is 13.2 Å². The molecule has 0 saturated carbocycles. The fraction of sp³-hybridized carbons (Fsp3) is 0.333. The van der Waals surface area contributed by atoms with Crippen molar-refractivity contribution in [2.24, 2.45) is 22.7 Å². The Bertz CT molecular complexity index is 1430. The third-order valence-electron chi connectivity index (χ3n) is 7.27. The summed E-state index contributed by atoms with van der Waals surface area (Å²) in [5.41, 5.74) is 14.5. The molecule has 1 saturated heterocycles. The number of benzene rings is 2. The summed E-state index contributed by atoms with van der Waals surface area (Å²) in [5.74, 6) is -1.46. The number of hydrogen-bond acceptors (Lipinski definition) is 7. The zero-order valence-corrected chi connectivity index (χ0v) is 24.5. The number of sulfonamides is 1. The molecular formula is C27H29Cl2N5O3S2. The second-order valence-electron chi connectivity index (χ2n) is 9.77. The molecule has 1 amide bonds. The molecule has 4 rings (SSSR count). The molecule has 1 fully saturated rings. The summed E-state index contributed by atoms with van der Waals surface area (Å²) in [4.78, 5) is 12.8. The standard InChI is InChI=1S/C27H29Cl2N5O3S2/c1-16(25(32-31)27(30)35)15-23-17(2)34(39(36,37)21-13-9-19(29)10-14-21)33(20-11-7-18(28)8-12-20)26(23)22-5-3-4-6-24(22)38/h3-5,7-14,16-17,23,25-26,31H,6,15H2,1-2H3,(H2,30,35)/t16?,17?,23?,25-,26?/m0/s1. The van der Waals surface area contributed by atoms with Gasteiger partial charge in [-0.3, -0.25) is 9.80 Å². The number of carbonyl (C=O) groups excluding carboxylic acids is 1. The van der Waals surface area contributed by atoms with Crippen LogP contribution in [0.4, 0.5) is 5.69 Å². The first-order valence-electron chi connectivity index (χ1n) is 12.4. The number of carbonyl (C=O) groups is 1. The number of anilines is 1. The molecule has 8 nitrogen and oxygen atoms in total. The number of nitrogens with zero attached hydrogens (tertiary/aromatic N) is 3. The lowest BCUT2D eigenvalue weighted by atomic mass is 9.79. The van der Waals surface area contributed by atoms with Gasteiger partial charge in [0, 0.05) is 33.3 Å². The van der Waals surface area contributed by atoms with E-state index >= 15 is 0 Å². The number of hydrogen-bond donors (Lipinski definition) is 2. The number of nitrogens with two attached hydrogens (primary N) is 1. The molecule has 2 aliphatic rings. The van der Waals surface area contributed by atoms with Gasteiger partial charge < -0.3 is 5.73 Å². The lowest BCUT2D eigenvalue weighted by Gasteiger charge is -2.36. The summed E-state index contributed by atoms with van der Waals surface area (Å²) in [7, 11) is -4.08. The van der Waals surface area contributed by atoms with Crippen molar-refractivity contribution in [1.29, 1.82) is 5.53 Å². The zero-order valence-electron chi connectivity index (χ0n) is 21.4. The number of nitrogens with one attached hydrogen (secondary N) is 1. The van der Waals surface area contributed by atoms with Gasteiger partial charge in [-0.15, -0.1) is 4.41 Å². The predicted octanol–water partition coefficient (Wildman–Crippen LogP) is 5.96. The fourth-order valence-electron chi connectivity index (χ4n) is 5.38. The fourth-order valence-corrected chi connectivity index (χ4v) is 7.64. The van der Waals surface area contributed by atoms with Gasteiger partial charge in [0.25, 0.3) is 10.0 Å². The van der Waals surface area contributed by atoms with E-state index in [9.17, 15) is 13.2 Å². The number of hydrazine groups is 1. The molecular weight excluding hydrogens is 577 g/mol. The number of amides is 1. The Hall–Kier alpha value is -2.63. The number of halogens is 2. The van der Waals surface area contributed by atoms with Crippen LogP contribution in [0.2, 0.25) is 10.0 Å². The monoisotopic (exact) mass is 605 g/mol. The Kier molecular flexibility index (Phi) is 8.92. The molecule has 0 aromatic heterocycles. The molecule has 206 valence electrons. The number of primary amides is 1. The van der Waals surface area contributed by atoms with E-state index in [1.807, 2.05) is 25.2 Å². The van der Waals surface area contributed by atoms with Crippen LogP contribution in [0.1, 0.15) is 26.7 Å². The van der Waals surface area contributed by atoms with E-state index in [1.54, 1.807) is 36.2 Å². The minimum Gasteiger partial charge on any atom is -0.368 e. The maximum atomic E-state index is 14.3.